The van der Waals surface area contributed by atoms with E-state index in [1.165, 1.54) is 0 Å². The molecule has 4 rings (SSSR count). The fraction of sp³-hybridized carbons (Fsp3) is 0.500. The van der Waals surface area contributed by atoms with Gasteiger partial charge in [-0.25, -0.2) is 0 Å². The summed E-state index contributed by atoms with van der Waals surface area (Å²) in [4.78, 5) is 4.42. The SMILES string of the molecule is Brc1ccc(-c2noc([C@H]3C[C@H]4CC[C@H]3O4)n2)o1. The Labute approximate surface area is 112 Å². The van der Waals surface area contributed by atoms with Gasteiger partial charge < -0.3 is 13.7 Å². The van der Waals surface area contributed by atoms with Gasteiger partial charge in [-0.3, -0.25) is 0 Å². The molecule has 2 aromatic rings. The van der Waals surface area contributed by atoms with E-state index < -0.39 is 0 Å². The number of ether oxygens (including phenoxy) is 1. The van der Waals surface area contributed by atoms with Crippen LogP contribution in [0, 0.1) is 0 Å². The van der Waals surface area contributed by atoms with Crippen molar-refractivity contribution in [2.24, 2.45) is 0 Å². The van der Waals surface area contributed by atoms with E-state index >= 15 is 0 Å². The second-order valence-electron chi connectivity index (χ2n) is 4.78. The van der Waals surface area contributed by atoms with E-state index in [2.05, 4.69) is 26.1 Å². The maximum absolute atomic E-state index is 5.80. The Bertz CT molecular complexity index is 579. The van der Waals surface area contributed by atoms with Crippen LogP contribution in [0.15, 0.2) is 25.7 Å². The van der Waals surface area contributed by atoms with Crippen LogP contribution in [0.1, 0.15) is 31.1 Å². The van der Waals surface area contributed by atoms with Crippen molar-refractivity contribution in [3.05, 3.63) is 22.7 Å². The molecular formula is C12H11BrN2O3. The van der Waals surface area contributed by atoms with Crippen LogP contribution in [-0.2, 0) is 4.74 Å². The Morgan fingerprint density at radius 2 is 2.22 bits per heavy atom. The molecule has 0 unspecified atom stereocenters. The van der Waals surface area contributed by atoms with E-state index in [0.29, 0.717) is 28.2 Å². The molecule has 2 aliphatic heterocycles. The minimum Gasteiger partial charge on any atom is -0.446 e. The molecule has 0 N–H and O–H groups in total. The third-order valence-electron chi connectivity index (χ3n) is 3.66. The summed E-state index contributed by atoms with van der Waals surface area (Å²) in [6, 6.07) is 3.63. The van der Waals surface area contributed by atoms with Crippen molar-refractivity contribution >= 4 is 15.9 Å². The molecule has 3 atom stereocenters. The minimum atomic E-state index is 0.253. The van der Waals surface area contributed by atoms with Gasteiger partial charge in [0.05, 0.1) is 18.1 Å². The van der Waals surface area contributed by atoms with Gasteiger partial charge in [0.25, 0.3) is 0 Å². The average Bonchev–Trinajstić information content (AvgIpc) is 3.12. The van der Waals surface area contributed by atoms with Gasteiger partial charge in [0.1, 0.15) is 0 Å². The van der Waals surface area contributed by atoms with Crippen LogP contribution in [0.25, 0.3) is 11.6 Å². The van der Waals surface area contributed by atoms with Crippen molar-refractivity contribution in [3.8, 4) is 11.6 Å². The van der Waals surface area contributed by atoms with Crippen LogP contribution >= 0.6 is 15.9 Å². The van der Waals surface area contributed by atoms with Gasteiger partial charge in [0, 0.05) is 0 Å². The predicted molar refractivity (Wildman–Crippen MR) is 65.0 cm³/mol. The van der Waals surface area contributed by atoms with Crippen LogP contribution in [-0.4, -0.2) is 22.3 Å². The summed E-state index contributed by atoms with van der Waals surface area (Å²) in [6.07, 6.45) is 3.89. The summed E-state index contributed by atoms with van der Waals surface area (Å²) in [5, 5.41) is 3.97. The fourth-order valence-corrected chi connectivity index (χ4v) is 3.12. The number of fused-ring (bicyclic) bond motifs is 2. The lowest BCUT2D eigenvalue weighted by Crippen LogP contribution is -2.14. The van der Waals surface area contributed by atoms with Crippen molar-refractivity contribution in [2.75, 3.05) is 0 Å². The molecule has 4 heterocycles. The Morgan fingerprint density at radius 3 is 2.89 bits per heavy atom. The standard InChI is InChI=1S/C12H11BrN2O3/c13-10-4-3-9(17-10)11-14-12(18-15-11)7-5-6-1-2-8(7)16-6/h3-4,6-8H,1-2,5H2/t6-,7+,8-/m1/s1. The maximum atomic E-state index is 5.80. The van der Waals surface area contributed by atoms with E-state index in [1.54, 1.807) is 0 Å². The molecule has 2 aromatic heterocycles. The number of hydrogen-bond donors (Lipinski definition) is 0. The van der Waals surface area contributed by atoms with E-state index in [0.717, 1.165) is 19.3 Å². The highest BCUT2D eigenvalue weighted by Gasteiger charge is 2.44. The van der Waals surface area contributed by atoms with Crippen molar-refractivity contribution in [3.63, 3.8) is 0 Å². The number of rotatable bonds is 2. The quantitative estimate of drug-likeness (QED) is 0.852. The van der Waals surface area contributed by atoms with Crippen LogP contribution in [0.4, 0.5) is 0 Å². The molecule has 2 bridgehead atoms. The second kappa shape index (κ2) is 3.93. The molecule has 2 aliphatic rings. The number of halogens is 1. The molecule has 5 nitrogen and oxygen atoms in total. The molecule has 0 aromatic carbocycles. The van der Waals surface area contributed by atoms with Crippen LogP contribution in [0.2, 0.25) is 0 Å². The zero-order valence-electron chi connectivity index (χ0n) is 9.51. The average molecular weight is 311 g/mol. The summed E-state index contributed by atoms with van der Waals surface area (Å²) in [5.41, 5.74) is 0. The summed E-state index contributed by atoms with van der Waals surface area (Å²) in [5.74, 6) is 2.03. The van der Waals surface area contributed by atoms with Crippen molar-refractivity contribution in [2.45, 2.75) is 37.4 Å². The summed E-state index contributed by atoms with van der Waals surface area (Å²) in [6.45, 7) is 0. The molecule has 0 aliphatic carbocycles. The molecule has 94 valence electrons. The van der Waals surface area contributed by atoms with Gasteiger partial charge in [-0.05, 0) is 47.3 Å². The van der Waals surface area contributed by atoms with Gasteiger partial charge in [-0.1, -0.05) is 5.16 Å². The largest absolute Gasteiger partial charge is 0.446 e. The minimum absolute atomic E-state index is 0.253. The van der Waals surface area contributed by atoms with E-state index in [-0.39, 0.29) is 12.0 Å². The van der Waals surface area contributed by atoms with Crippen molar-refractivity contribution in [1.82, 2.24) is 10.1 Å². The first-order valence-corrected chi connectivity index (χ1v) is 6.83. The van der Waals surface area contributed by atoms with E-state index in [4.69, 9.17) is 13.7 Å². The van der Waals surface area contributed by atoms with Gasteiger partial charge in [-0.2, -0.15) is 4.98 Å². The Kier molecular flexibility index (Phi) is 2.35. The van der Waals surface area contributed by atoms with Crippen molar-refractivity contribution < 1.29 is 13.7 Å². The van der Waals surface area contributed by atoms with Gasteiger partial charge in [0.15, 0.2) is 10.4 Å². The third kappa shape index (κ3) is 1.63. The molecule has 0 radical (unpaired) electrons. The predicted octanol–water partition coefficient (Wildman–Crippen LogP) is 3.13. The third-order valence-corrected chi connectivity index (χ3v) is 4.08. The first kappa shape index (κ1) is 10.8. The summed E-state index contributed by atoms with van der Waals surface area (Å²) < 4.78 is 17.2. The number of hydrogen-bond acceptors (Lipinski definition) is 5. The Morgan fingerprint density at radius 1 is 1.28 bits per heavy atom. The molecule has 0 spiro atoms. The van der Waals surface area contributed by atoms with Crippen LogP contribution < -0.4 is 0 Å². The highest BCUT2D eigenvalue weighted by Crippen LogP contribution is 2.44. The monoisotopic (exact) mass is 310 g/mol. The number of nitrogens with zero attached hydrogens (tertiary/aromatic N) is 2. The normalized spacial score (nSPS) is 30.2. The second-order valence-corrected chi connectivity index (χ2v) is 5.56. The first-order valence-electron chi connectivity index (χ1n) is 6.04. The molecular weight excluding hydrogens is 300 g/mol. The maximum Gasteiger partial charge on any atom is 0.238 e. The van der Waals surface area contributed by atoms with E-state index in [9.17, 15) is 0 Å². The van der Waals surface area contributed by atoms with Crippen LogP contribution in [0.5, 0.6) is 0 Å². The fourth-order valence-electron chi connectivity index (χ4n) is 2.82. The van der Waals surface area contributed by atoms with Gasteiger partial charge in [-0.15, -0.1) is 0 Å². The van der Waals surface area contributed by atoms with Gasteiger partial charge in [0.2, 0.25) is 11.7 Å². The van der Waals surface area contributed by atoms with Crippen LogP contribution in [0.3, 0.4) is 0 Å². The van der Waals surface area contributed by atoms with Gasteiger partial charge >= 0.3 is 0 Å². The molecule has 0 saturated carbocycles. The molecule has 18 heavy (non-hydrogen) atoms. The lowest BCUT2D eigenvalue weighted by atomic mass is 9.89. The molecule has 0 amide bonds. The summed E-state index contributed by atoms with van der Waals surface area (Å²) >= 11 is 3.26. The zero-order valence-corrected chi connectivity index (χ0v) is 11.1. The molecule has 2 saturated heterocycles. The molecule has 6 heteroatoms. The molecule has 2 fully saturated rings. The first-order chi connectivity index (χ1) is 8.79. The zero-order chi connectivity index (χ0) is 12.1. The number of furan rings is 1. The highest BCUT2D eigenvalue weighted by molar-refractivity contribution is 9.10. The number of aromatic nitrogens is 2. The van der Waals surface area contributed by atoms with E-state index in [1.807, 2.05) is 12.1 Å². The Balaban J connectivity index is 1.62. The highest BCUT2D eigenvalue weighted by atomic mass is 79.9. The summed E-state index contributed by atoms with van der Waals surface area (Å²) in [7, 11) is 0. The lowest BCUT2D eigenvalue weighted by Gasteiger charge is -2.13. The lowest BCUT2D eigenvalue weighted by molar-refractivity contribution is 0.0974. The van der Waals surface area contributed by atoms with Crippen molar-refractivity contribution in [1.29, 1.82) is 0 Å². The Hall–Kier alpha value is -1.14. The smallest absolute Gasteiger partial charge is 0.238 e. The topological polar surface area (TPSA) is 61.3 Å².